The normalized spacial score (nSPS) is 13.1. The van der Waals surface area contributed by atoms with E-state index in [1.165, 1.54) is 231 Å². The van der Waals surface area contributed by atoms with Gasteiger partial charge in [-0.15, -0.1) is 0 Å². The molecule has 0 spiro atoms. The van der Waals surface area contributed by atoms with Gasteiger partial charge in [0.1, 0.15) is 6.10 Å². The molecule has 0 aliphatic carbocycles. The van der Waals surface area contributed by atoms with Gasteiger partial charge in [0.15, 0.2) is 0 Å². The van der Waals surface area contributed by atoms with Crippen molar-refractivity contribution in [2.24, 2.45) is 0 Å². The van der Waals surface area contributed by atoms with Crippen molar-refractivity contribution in [1.82, 2.24) is 5.32 Å². The van der Waals surface area contributed by atoms with Gasteiger partial charge in [-0.3, -0.25) is 9.59 Å². The molecule has 0 aromatic rings. The summed E-state index contributed by atoms with van der Waals surface area (Å²) < 4.78 is 5.97. The predicted molar refractivity (Wildman–Crippen MR) is 287 cm³/mol. The number of carbonyl (C=O) groups is 2. The summed E-state index contributed by atoms with van der Waals surface area (Å²) in [6.07, 6.45) is 62.8. The Morgan fingerprint density at radius 1 is 0.424 bits per heavy atom. The first-order valence-corrected chi connectivity index (χ1v) is 29.9. The first kappa shape index (κ1) is 64.6. The van der Waals surface area contributed by atoms with Gasteiger partial charge in [0, 0.05) is 6.42 Å². The van der Waals surface area contributed by atoms with Crippen molar-refractivity contribution < 1.29 is 24.5 Å². The van der Waals surface area contributed by atoms with Crippen molar-refractivity contribution >= 4 is 11.9 Å². The Morgan fingerprint density at radius 2 is 0.727 bits per heavy atom. The third kappa shape index (κ3) is 49.0. The summed E-state index contributed by atoms with van der Waals surface area (Å²) in [7, 11) is 0. The summed E-state index contributed by atoms with van der Waals surface area (Å²) in [4.78, 5) is 26.3. The quantitative estimate of drug-likeness (QED) is 0.0321. The molecule has 0 aliphatic heterocycles. The molecule has 3 unspecified atom stereocenters. The summed E-state index contributed by atoms with van der Waals surface area (Å²) in [6.45, 7) is 6.53. The first-order valence-electron chi connectivity index (χ1n) is 29.9. The number of aliphatic hydroxyl groups excluding tert-OH is 2. The minimum atomic E-state index is -0.785. The van der Waals surface area contributed by atoms with Gasteiger partial charge in [-0.05, 0) is 51.4 Å². The van der Waals surface area contributed by atoms with Gasteiger partial charge in [0.2, 0.25) is 5.91 Å². The number of ether oxygens (including phenoxy) is 1. The number of rotatable bonds is 55. The SMILES string of the molecule is CCCCCCCC/C=C/CCCCCCCC(CC(=O)NC(CO)C(O)CCCCCCCCCCCCCCCCCC)OC(=O)CCCCCCCCCCCCCCCCCC. The fraction of sp³-hybridized carbons (Fsp3) is 0.933. The van der Waals surface area contributed by atoms with Gasteiger partial charge in [0.25, 0.3) is 0 Å². The second-order valence-electron chi connectivity index (χ2n) is 20.8. The number of hydrogen-bond donors (Lipinski definition) is 3. The molecule has 0 bridgehead atoms. The summed E-state index contributed by atoms with van der Waals surface area (Å²) >= 11 is 0. The Kier molecular flexibility index (Phi) is 53.4. The van der Waals surface area contributed by atoms with Crippen molar-refractivity contribution in [3.8, 4) is 0 Å². The number of aliphatic hydroxyl groups is 2. The molecule has 0 saturated heterocycles. The van der Waals surface area contributed by atoms with Crippen molar-refractivity contribution in [1.29, 1.82) is 0 Å². The zero-order valence-electron chi connectivity index (χ0n) is 44.9. The maximum absolute atomic E-state index is 13.3. The molecule has 0 saturated carbocycles. The highest BCUT2D eigenvalue weighted by atomic mass is 16.5. The number of allylic oxidation sites excluding steroid dienone is 2. The van der Waals surface area contributed by atoms with Gasteiger partial charge in [0.05, 0.1) is 25.2 Å². The highest BCUT2D eigenvalue weighted by molar-refractivity contribution is 5.77. The molecule has 0 aliphatic rings. The zero-order chi connectivity index (χ0) is 48.1. The van der Waals surface area contributed by atoms with Crippen molar-refractivity contribution in [2.75, 3.05) is 6.61 Å². The summed E-state index contributed by atoms with van der Waals surface area (Å²) in [5.74, 6) is -0.457. The lowest BCUT2D eigenvalue weighted by atomic mass is 10.0. The highest BCUT2D eigenvalue weighted by Crippen LogP contribution is 2.19. The van der Waals surface area contributed by atoms with Gasteiger partial charge in [-0.25, -0.2) is 0 Å². The Morgan fingerprint density at radius 3 is 1.08 bits per heavy atom. The molecular formula is C60H117NO5. The van der Waals surface area contributed by atoms with Crippen LogP contribution in [-0.2, 0) is 14.3 Å². The molecule has 0 radical (unpaired) electrons. The molecular weight excluding hydrogens is 815 g/mol. The largest absolute Gasteiger partial charge is 0.462 e. The van der Waals surface area contributed by atoms with E-state index in [0.29, 0.717) is 19.3 Å². The van der Waals surface area contributed by atoms with Crippen LogP contribution in [0.2, 0.25) is 0 Å². The molecule has 3 atom stereocenters. The maximum atomic E-state index is 13.3. The van der Waals surface area contributed by atoms with Crippen LogP contribution in [0.15, 0.2) is 12.2 Å². The lowest BCUT2D eigenvalue weighted by Gasteiger charge is -2.24. The molecule has 1 amide bonds. The van der Waals surface area contributed by atoms with Crippen LogP contribution in [0.3, 0.4) is 0 Å². The van der Waals surface area contributed by atoms with Gasteiger partial charge in [-0.2, -0.15) is 0 Å². The first-order chi connectivity index (χ1) is 32.5. The van der Waals surface area contributed by atoms with Gasteiger partial charge >= 0.3 is 5.97 Å². The van der Waals surface area contributed by atoms with Crippen LogP contribution < -0.4 is 5.32 Å². The van der Waals surface area contributed by atoms with Crippen molar-refractivity contribution in [3.05, 3.63) is 12.2 Å². The van der Waals surface area contributed by atoms with E-state index in [9.17, 15) is 19.8 Å². The van der Waals surface area contributed by atoms with E-state index in [1.807, 2.05) is 0 Å². The number of esters is 1. The van der Waals surface area contributed by atoms with Crippen LogP contribution in [-0.4, -0.2) is 46.9 Å². The maximum Gasteiger partial charge on any atom is 0.306 e. The van der Waals surface area contributed by atoms with Gasteiger partial charge < -0.3 is 20.3 Å². The molecule has 392 valence electrons. The second-order valence-corrected chi connectivity index (χ2v) is 20.8. The lowest BCUT2D eigenvalue weighted by molar-refractivity contribution is -0.151. The third-order valence-electron chi connectivity index (χ3n) is 14.1. The smallest absolute Gasteiger partial charge is 0.306 e. The van der Waals surface area contributed by atoms with E-state index in [1.54, 1.807) is 0 Å². The molecule has 0 aromatic carbocycles. The summed E-state index contributed by atoms with van der Waals surface area (Å²) in [6, 6.07) is -0.699. The van der Waals surface area contributed by atoms with E-state index >= 15 is 0 Å². The molecule has 66 heavy (non-hydrogen) atoms. The second kappa shape index (κ2) is 54.5. The molecule has 6 nitrogen and oxygen atoms in total. The highest BCUT2D eigenvalue weighted by Gasteiger charge is 2.24. The molecule has 0 fully saturated rings. The van der Waals surface area contributed by atoms with Crippen LogP contribution in [0.1, 0.15) is 335 Å². The van der Waals surface area contributed by atoms with Crippen molar-refractivity contribution in [2.45, 2.75) is 354 Å². The van der Waals surface area contributed by atoms with E-state index in [2.05, 4.69) is 38.2 Å². The molecule has 3 N–H and O–H groups in total. The lowest BCUT2D eigenvalue weighted by Crippen LogP contribution is -2.46. The van der Waals surface area contributed by atoms with E-state index < -0.39 is 18.2 Å². The van der Waals surface area contributed by atoms with Crippen LogP contribution in [0.5, 0.6) is 0 Å². The number of amides is 1. The Hall–Kier alpha value is -1.40. The third-order valence-corrected chi connectivity index (χ3v) is 14.1. The fourth-order valence-corrected chi connectivity index (χ4v) is 9.55. The molecule has 0 aromatic heterocycles. The molecule has 0 rings (SSSR count). The molecule has 6 heteroatoms. The van der Waals surface area contributed by atoms with Crippen LogP contribution in [0.4, 0.5) is 0 Å². The average molecular weight is 933 g/mol. The molecule has 0 heterocycles. The number of hydrogen-bond acceptors (Lipinski definition) is 5. The Balaban J connectivity index is 4.50. The topological polar surface area (TPSA) is 95.9 Å². The van der Waals surface area contributed by atoms with Crippen LogP contribution in [0, 0.1) is 0 Å². The Bertz CT molecular complexity index is 1000. The summed E-state index contributed by atoms with van der Waals surface area (Å²) in [5.41, 5.74) is 0. The number of unbranched alkanes of at least 4 members (excludes halogenated alkanes) is 41. The summed E-state index contributed by atoms with van der Waals surface area (Å²) in [5, 5.41) is 23.9. The predicted octanol–water partition coefficient (Wildman–Crippen LogP) is 18.5. The standard InChI is InChI=1S/C60H117NO5/c1-4-7-10-13-16-19-22-25-28-31-34-37-40-43-46-49-52-58(63)57(55-62)61-59(64)54-56(51-48-45-42-39-36-33-30-27-24-21-18-15-12-9-6-3)66-60(65)53-50-47-44-41-38-35-32-29-26-23-20-17-14-11-8-5-2/h27,30,56-58,62-63H,4-26,28-29,31-55H2,1-3H3,(H,61,64)/b30-27+. The zero-order valence-corrected chi connectivity index (χ0v) is 44.9. The van der Waals surface area contributed by atoms with E-state index in [4.69, 9.17) is 4.74 Å². The van der Waals surface area contributed by atoms with E-state index in [0.717, 1.165) is 57.8 Å². The minimum Gasteiger partial charge on any atom is -0.462 e. The van der Waals surface area contributed by atoms with Gasteiger partial charge in [-0.1, -0.05) is 283 Å². The van der Waals surface area contributed by atoms with Crippen LogP contribution in [0.25, 0.3) is 0 Å². The minimum absolute atomic E-state index is 0.0797. The monoisotopic (exact) mass is 932 g/mol. The van der Waals surface area contributed by atoms with Crippen molar-refractivity contribution in [3.63, 3.8) is 0 Å². The fourth-order valence-electron chi connectivity index (χ4n) is 9.55. The number of nitrogens with one attached hydrogen (secondary N) is 1. The van der Waals surface area contributed by atoms with E-state index in [-0.39, 0.29) is 24.9 Å². The Labute approximate surface area is 412 Å². The van der Waals surface area contributed by atoms with Crippen LogP contribution >= 0.6 is 0 Å². The average Bonchev–Trinajstić information content (AvgIpc) is 3.31. The number of carbonyl (C=O) groups excluding carboxylic acids is 2.